The third kappa shape index (κ3) is 3.69. The summed E-state index contributed by atoms with van der Waals surface area (Å²) in [7, 11) is 0. The number of aromatic nitrogens is 1. The Balaban J connectivity index is 2.09. The Labute approximate surface area is 127 Å². The molecular formula is C15H21BrN2S. The van der Waals surface area contributed by atoms with Gasteiger partial charge in [-0.1, -0.05) is 55.0 Å². The van der Waals surface area contributed by atoms with Gasteiger partial charge in [-0.15, -0.1) is 0 Å². The minimum Gasteiger partial charge on any atom is -0.361 e. The monoisotopic (exact) mass is 340 g/mol. The van der Waals surface area contributed by atoms with Crippen molar-refractivity contribution in [3.8, 4) is 0 Å². The highest BCUT2D eigenvalue weighted by molar-refractivity contribution is 9.10. The second-order valence-corrected chi connectivity index (χ2v) is 7.61. The molecule has 1 aromatic heterocycles. The molecule has 2 rings (SSSR count). The van der Waals surface area contributed by atoms with Crippen molar-refractivity contribution >= 4 is 42.6 Å². The first-order valence-electron chi connectivity index (χ1n) is 6.77. The molecule has 104 valence electrons. The van der Waals surface area contributed by atoms with Crippen LogP contribution in [0.1, 0.15) is 27.7 Å². The highest BCUT2D eigenvalue weighted by Crippen LogP contribution is 2.29. The maximum absolute atomic E-state index is 4.63. The van der Waals surface area contributed by atoms with Crippen LogP contribution >= 0.6 is 27.3 Å². The molecule has 1 N–H and O–H groups in total. The molecule has 4 heteroatoms. The Morgan fingerprint density at radius 3 is 2.53 bits per heavy atom. The Bertz CT molecular complexity index is 540. The van der Waals surface area contributed by atoms with Gasteiger partial charge in [0.25, 0.3) is 0 Å². The quantitative estimate of drug-likeness (QED) is 0.788. The van der Waals surface area contributed by atoms with Crippen LogP contribution in [0.25, 0.3) is 10.2 Å². The van der Waals surface area contributed by atoms with Crippen LogP contribution in [-0.4, -0.2) is 11.5 Å². The van der Waals surface area contributed by atoms with Gasteiger partial charge >= 0.3 is 0 Å². The van der Waals surface area contributed by atoms with Crippen molar-refractivity contribution in [2.75, 3.05) is 11.9 Å². The third-order valence-corrected chi connectivity index (χ3v) is 5.02. The summed E-state index contributed by atoms with van der Waals surface area (Å²) in [6, 6.07) is 6.22. The summed E-state index contributed by atoms with van der Waals surface area (Å²) in [4.78, 5) is 4.63. The molecule has 1 heterocycles. The number of nitrogens with zero attached hydrogens (tertiary/aromatic N) is 1. The molecule has 0 saturated heterocycles. The molecule has 0 aliphatic rings. The lowest BCUT2D eigenvalue weighted by Crippen LogP contribution is -2.24. The number of nitrogens with one attached hydrogen (secondary N) is 1. The van der Waals surface area contributed by atoms with Gasteiger partial charge < -0.3 is 5.32 Å². The first-order valence-corrected chi connectivity index (χ1v) is 8.38. The summed E-state index contributed by atoms with van der Waals surface area (Å²) >= 11 is 5.23. The van der Waals surface area contributed by atoms with Crippen molar-refractivity contribution in [1.82, 2.24) is 4.98 Å². The van der Waals surface area contributed by atoms with Crippen LogP contribution in [0.2, 0.25) is 0 Å². The van der Waals surface area contributed by atoms with E-state index in [1.807, 2.05) is 6.07 Å². The molecule has 19 heavy (non-hydrogen) atoms. The van der Waals surface area contributed by atoms with Gasteiger partial charge in [0.15, 0.2) is 5.13 Å². The van der Waals surface area contributed by atoms with E-state index in [1.165, 1.54) is 4.70 Å². The van der Waals surface area contributed by atoms with Crippen LogP contribution in [0.3, 0.4) is 0 Å². The number of hydrogen-bond donors (Lipinski definition) is 1. The first-order chi connectivity index (χ1) is 8.97. The molecule has 0 fully saturated rings. The molecule has 0 saturated carbocycles. The van der Waals surface area contributed by atoms with E-state index in [0.29, 0.717) is 17.8 Å². The van der Waals surface area contributed by atoms with Crippen molar-refractivity contribution in [1.29, 1.82) is 0 Å². The SMILES string of the molecule is CC(C)C(CNc1nc2ccc(Br)cc2s1)C(C)C. The molecule has 0 atom stereocenters. The molecule has 2 aromatic rings. The van der Waals surface area contributed by atoms with Crippen LogP contribution < -0.4 is 5.32 Å². The van der Waals surface area contributed by atoms with Crippen molar-refractivity contribution in [3.63, 3.8) is 0 Å². The zero-order valence-electron chi connectivity index (χ0n) is 11.9. The average Bonchev–Trinajstić information content (AvgIpc) is 2.70. The minimum atomic E-state index is 0.679. The van der Waals surface area contributed by atoms with Gasteiger partial charge in [0, 0.05) is 11.0 Å². The summed E-state index contributed by atoms with van der Waals surface area (Å²) in [6.07, 6.45) is 0. The van der Waals surface area contributed by atoms with Crippen LogP contribution in [0.4, 0.5) is 5.13 Å². The van der Waals surface area contributed by atoms with Crippen molar-refractivity contribution in [2.24, 2.45) is 17.8 Å². The lowest BCUT2D eigenvalue weighted by atomic mass is 9.86. The van der Waals surface area contributed by atoms with E-state index >= 15 is 0 Å². The number of benzene rings is 1. The molecular weight excluding hydrogens is 320 g/mol. The van der Waals surface area contributed by atoms with Crippen molar-refractivity contribution < 1.29 is 0 Å². The zero-order chi connectivity index (χ0) is 14.0. The number of thiazole rings is 1. The molecule has 0 radical (unpaired) electrons. The van der Waals surface area contributed by atoms with Gasteiger partial charge in [0.2, 0.25) is 0 Å². The predicted octanol–water partition coefficient (Wildman–Crippen LogP) is 5.40. The van der Waals surface area contributed by atoms with Crippen LogP contribution in [-0.2, 0) is 0 Å². The third-order valence-electron chi connectivity index (χ3n) is 3.55. The second kappa shape index (κ2) is 6.23. The smallest absolute Gasteiger partial charge is 0.183 e. The lowest BCUT2D eigenvalue weighted by molar-refractivity contribution is 0.304. The molecule has 2 nitrogen and oxygen atoms in total. The highest BCUT2D eigenvalue weighted by atomic mass is 79.9. The molecule has 0 bridgehead atoms. The van der Waals surface area contributed by atoms with E-state index in [9.17, 15) is 0 Å². The van der Waals surface area contributed by atoms with E-state index in [0.717, 1.165) is 21.7 Å². The number of halogens is 1. The van der Waals surface area contributed by atoms with Gasteiger partial charge in [-0.2, -0.15) is 0 Å². The minimum absolute atomic E-state index is 0.679. The fourth-order valence-electron chi connectivity index (χ4n) is 2.42. The molecule has 0 unspecified atom stereocenters. The van der Waals surface area contributed by atoms with E-state index in [4.69, 9.17) is 0 Å². The van der Waals surface area contributed by atoms with Gasteiger partial charge in [-0.3, -0.25) is 0 Å². The summed E-state index contributed by atoms with van der Waals surface area (Å²) < 4.78 is 2.33. The Morgan fingerprint density at radius 1 is 1.21 bits per heavy atom. The Morgan fingerprint density at radius 2 is 1.89 bits per heavy atom. The number of anilines is 1. The van der Waals surface area contributed by atoms with Gasteiger partial charge in [-0.05, 0) is 36.0 Å². The Hall–Kier alpha value is -0.610. The van der Waals surface area contributed by atoms with Gasteiger partial charge in [0.05, 0.1) is 10.2 Å². The largest absolute Gasteiger partial charge is 0.361 e. The Kier molecular flexibility index (Phi) is 4.85. The van der Waals surface area contributed by atoms with E-state index < -0.39 is 0 Å². The lowest BCUT2D eigenvalue weighted by Gasteiger charge is -2.24. The summed E-state index contributed by atoms with van der Waals surface area (Å²) in [5.74, 6) is 2.06. The summed E-state index contributed by atoms with van der Waals surface area (Å²) in [5.41, 5.74) is 1.07. The van der Waals surface area contributed by atoms with Crippen LogP contribution in [0, 0.1) is 17.8 Å². The predicted molar refractivity (Wildman–Crippen MR) is 89.0 cm³/mol. The molecule has 1 aromatic carbocycles. The highest BCUT2D eigenvalue weighted by Gasteiger charge is 2.17. The number of fused-ring (bicyclic) bond motifs is 1. The summed E-state index contributed by atoms with van der Waals surface area (Å²) in [5, 5.41) is 4.54. The number of hydrogen-bond acceptors (Lipinski definition) is 3. The fraction of sp³-hybridized carbons (Fsp3) is 0.533. The van der Waals surface area contributed by atoms with E-state index in [1.54, 1.807) is 11.3 Å². The normalized spacial score (nSPS) is 12.0. The average molecular weight is 341 g/mol. The maximum Gasteiger partial charge on any atom is 0.183 e. The zero-order valence-corrected chi connectivity index (χ0v) is 14.3. The van der Waals surface area contributed by atoms with Gasteiger partial charge in [-0.25, -0.2) is 4.98 Å². The summed E-state index contributed by atoms with van der Waals surface area (Å²) in [6.45, 7) is 10.2. The van der Waals surface area contributed by atoms with E-state index in [2.05, 4.69) is 66.1 Å². The van der Waals surface area contributed by atoms with Crippen molar-refractivity contribution in [2.45, 2.75) is 27.7 Å². The topological polar surface area (TPSA) is 24.9 Å². The van der Waals surface area contributed by atoms with Crippen molar-refractivity contribution in [3.05, 3.63) is 22.7 Å². The first kappa shape index (κ1) is 14.8. The standard InChI is InChI=1S/C15H21BrN2S/c1-9(2)12(10(3)4)8-17-15-18-13-6-5-11(16)7-14(13)19-15/h5-7,9-10,12H,8H2,1-4H3,(H,17,18). The second-order valence-electron chi connectivity index (χ2n) is 5.66. The fourth-order valence-corrected chi connectivity index (χ4v) is 3.84. The van der Waals surface area contributed by atoms with Gasteiger partial charge in [0.1, 0.15) is 0 Å². The number of rotatable bonds is 5. The molecule has 0 aliphatic heterocycles. The van der Waals surface area contributed by atoms with Crippen LogP contribution in [0.5, 0.6) is 0 Å². The molecule has 0 spiro atoms. The molecule has 0 amide bonds. The van der Waals surface area contributed by atoms with E-state index in [-0.39, 0.29) is 0 Å². The molecule has 0 aliphatic carbocycles. The maximum atomic E-state index is 4.63. The van der Waals surface area contributed by atoms with Crippen LogP contribution in [0.15, 0.2) is 22.7 Å².